The van der Waals surface area contributed by atoms with Crippen molar-refractivity contribution < 1.29 is 24.5 Å². The van der Waals surface area contributed by atoms with Gasteiger partial charge in [-0.2, -0.15) is 5.10 Å². The molecule has 0 radical (unpaired) electrons. The number of phenols is 2. The highest BCUT2D eigenvalue weighted by Crippen LogP contribution is 2.25. The Morgan fingerprint density at radius 3 is 2.50 bits per heavy atom. The SMILES string of the molecule is Cc1nn(C)c(C)c1[C@@H](C)C(=O)OCC(=O)c1ccc(O)cc1O. The Morgan fingerprint density at radius 1 is 1.29 bits per heavy atom. The van der Waals surface area contributed by atoms with Crippen molar-refractivity contribution in [2.75, 3.05) is 6.61 Å². The maximum atomic E-state index is 12.2. The topological polar surface area (TPSA) is 102 Å². The Morgan fingerprint density at radius 2 is 1.96 bits per heavy atom. The fourth-order valence-corrected chi connectivity index (χ4v) is 2.63. The Kier molecular flexibility index (Phi) is 4.92. The molecule has 0 bridgehead atoms. The van der Waals surface area contributed by atoms with Gasteiger partial charge < -0.3 is 14.9 Å². The van der Waals surface area contributed by atoms with Crippen LogP contribution in [0.15, 0.2) is 18.2 Å². The molecule has 0 saturated carbocycles. The van der Waals surface area contributed by atoms with Crippen LogP contribution in [0, 0.1) is 13.8 Å². The number of ketones is 1. The van der Waals surface area contributed by atoms with E-state index in [1.165, 1.54) is 12.1 Å². The number of ether oxygens (including phenoxy) is 1. The molecular formula is C17H20N2O5. The minimum absolute atomic E-state index is 0.0120. The summed E-state index contributed by atoms with van der Waals surface area (Å²) in [5, 5.41) is 23.1. The number of benzene rings is 1. The molecule has 7 nitrogen and oxygen atoms in total. The second kappa shape index (κ2) is 6.74. The predicted molar refractivity (Wildman–Crippen MR) is 86.2 cm³/mol. The van der Waals surface area contributed by atoms with Crippen molar-refractivity contribution in [3.8, 4) is 11.5 Å². The third-order valence-corrected chi connectivity index (χ3v) is 3.98. The van der Waals surface area contributed by atoms with E-state index < -0.39 is 24.3 Å². The molecule has 1 aromatic carbocycles. The van der Waals surface area contributed by atoms with E-state index in [0.717, 1.165) is 23.0 Å². The summed E-state index contributed by atoms with van der Waals surface area (Å²) in [6.45, 7) is 4.88. The minimum Gasteiger partial charge on any atom is -0.508 e. The number of esters is 1. The minimum atomic E-state index is -0.556. The van der Waals surface area contributed by atoms with Gasteiger partial charge in [-0.3, -0.25) is 14.3 Å². The molecule has 0 aliphatic rings. The van der Waals surface area contributed by atoms with Gasteiger partial charge in [-0.1, -0.05) is 0 Å². The van der Waals surface area contributed by atoms with E-state index in [0.29, 0.717) is 0 Å². The van der Waals surface area contributed by atoms with Crippen molar-refractivity contribution in [2.45, 2.75) is 26.7 Å². The maximum absolute atomic E-state index is 12.2. The quantitative estimate of drug-likeness (QED) is 0.641. The zero-order valence-electron chi connectivity index (χ0n) is 14.0. The lowest BCUT2D eigenvalue weighted by molar-refractivity contribution is -0.143. The average molecular weight is 332 g/mol. The lowest BCUT2D eigenvalue weighted by atomic mass is 9.99. The highest BCUT2D eigenvalue weighted by atomic mass is 16.5. The Balaban J connectivity index is 2.06. The van der Waals surface area contributed by atoms with Crippen LogP contribution in [-0.4, -0.2) is 38.4 Å². The number of Topliss-reactive ketones (excluding diaryl/α,β-unsaturated/α-hetero) is 1. The van der Waals surface area contributed by atoms with Crippen LogP contribution in [0.1, 0.15) is 40.2 Å². The zero-order valence-corrected chi connectivity index (χ0v) is 14.0. The molecule has 24 heavy (non-hydrogen) atoms. The van der Waals surface area contributed by atoms with E-state index >= 15 is 0 Å². The summed E-state index contributed by atoms with van der Waals surface area (Å²) in [5.74, 6) is -2.16. The van der Waals surface area contributed by atoms with Crippen molar-refractivity contribution in [1.82, 2.24) is 9.78 Å². The lowest BCUT2D eigenvalue weighted by Gasteiger charge is -2.12. The normalized spacial score (nSPS) is 12.0. The van der Waals surface area contributed by atoms with Crippen LogP contribution in [0.5, 0.6) is 11.5 Å². The molecule has 0 amide bonds. The first-order valence-corrected chi connectivity index (χ1v) is 7.44. The first-order valence-electron chi connectivity index (χ1n) is 7.44. The molecular weight excluding hydrogens is 312 g/mol. The number of aromatic nitrogens is 2. The van der Waals surface area contributed by atoms with Gasteiger partial charge in [0.05, 0.1) is 17.2 Å². The zero-order chi connectivity index (χ0) is 18.0. The number of aryl methyl sites for hydroxylation is 2. The fourth-order valence-electron chi connectivity index (χ4n) is 2.63. The summed E-state index contributed by atoms with van der Waals surface area (Å²) in [4.78, 5) is 24.3. The largest absolute Gasteiger partial charge is 0.508 e. The molecule has 0 fully saturated rings. The Bertz CT molecular complexity index is 795. The molecule has 1 atom stereocenters. The summed E-state index contributed by atoms with van der Waals surface area (Å²) in [5.41, 5.74) is 2.37. The van der Waals surface area contributed by atoms with Gasteiger partial charge in [0.1, 0.15) is 11.5 Å². The van der Waals surface area contributed by atoms with E-state index in [4.69, 9.17) is 4.74 Å². The smallest absolute Gasteiger partial charge is 0.313 e. The van der Waals surface area contributed by atoms with Crippen LogP contribution >= 0.6 is 0 Å². The molecule has 1 aromatic heterocycles. The average Bonchev–Trinajstić information content (AvgIpc) is 2.76. The monoisotopic (exact) mass is 332 g/mol. The van der Waals surface area contributed by atoms with Crippen LogP contribution < -0.4 is 0 Å². The number of hydrogen-bond acceptors (Lipinski definition) is 6. The van der Waals surface area contributed by atoms with Crippen LogP contribution in [0.25, 0.3) is 0 Å². The highest BCUT2D eigenvalue weighted by Gasteiger charge is 2.25. The summed E-state index contributed by atoms with van der Waals surface area (Å²) in [6.07, 6.45) is 0. The molecule has 2 aromatic rings. The number of carbonyl (C=O) groups excluding carboxylic acids is 2. The molecule has 0 saturated heterocycles. The van der Waals surface area contributed by atoms with Crippen molar-refractivity contribution >= 4 is 11.8 Å². The van der Waals surface area contributed by atoms with Gasteiger partial charge in [0.2, 0.25) is 5.78 Å². The van der Waals surface area contributed by atoms with Gasteiger partial charge in [-0.15, -0.1) is 0 Å². The molecule has 1 heterocycles. The molecule has 0 aliphatic heterocycles. The first-order chi connectivity index (χ1) is 11.2. The molecule has 128 valence electrons. The van der Waals surface area contributed by atoms with Gasteiger partial charge in [0.25, 0.3) is 0 Å². The third kappa shape index (κ3) is 3.40. The van der Waals surface area contributed by atoms with Crippen LogP contribution in [0.4, 0.5) is 0 Å². The van der Waals surface area contributed by atoms with E-state index in [2.05, 4.69) is 5.10 Å². The summed E-state index contributed by atoms with van der Waals surface area (Å²) >= 11 is 0. The number of nitrogens with zero attached hydrogens (tertiary/aromatic N) is 2. The summed E-state index contributed by atoms with van der Waals surface area (Å²) < 4.78 is 6.77. The number of carbonyl (C=O) groups is 2. The van der Waals surface area contributed by atoms with Crippen LogP contribution in [-0.2, 0) is 16.6 Å². The van der Waals surface area contributed by atoms with Crippen LogP contribution in [0.3, 0.4) is 0 Å². The Hall–Kier alpha value is -2.83. The van der Waals surface area contributed by atoms with Gasteiger partial charge in [0.15, 0.2) is 6.61 Å². The standard InChI is InChI=1S/C17H20N2O5/c1-9(16-10(2)18-19(4)11(16)3)17(23)24-8-15(22)13-6-5-12(20)7-14(13)21/h5-7,9,20-21H,8H2,1-4H3/t9-/m1/s1. The maximum Gasteiger partial charge on any atom is 0.313 e. The predicted octanol–water partition coefficient (Wildman–Crippen LogP) is 1.98. The second-order valence-electron chi connectivity index (χ2n) is 5.66. The van der Waals surface area contributed by atoms with Gasteiger partial charge in [-0.25, -0.2) is 0 Å². The van der Waals surface area contributed by atoms with E-state index in [9.17, 15) is 19.8 Å². The molecule has 0 spiro atoms. The van der Waals surface area contributed by atoms with E-state index in [1.807, 2.05) is 13.8 Å². The molecule has 0 aliphatic carbocycles. The fraction of sp³-hybridized carbons (Fsp3) is 0.353. The van der Waals surface area contributed by atoms with Crippen LogP contribution in [0.2, 0.25) is 0 Å². The number of aromatic hydroxyl groups is 2. The molecule has 2 N–H and O–H groups in total. The van der Waals surface area contributed by atoms with Crippen molar-refractivity contribution in [3.63, 3.8) is 0 Å². The van der Waals surface area contributed by atoms with Crippen molar-refractivity contribution in [1.29, 1.82) is 0 Å². The molecule has 0 unspecified atom stereocenters. The van der Waals surface area contributed by atoms with Crippen molar-refractivity contribution in [3.05, 3.63) is 40.7 Å². The first kappa shape index (κ1) is 17.5. The lowest BCUT2D eigenvalue weighted by Crippen LogP contribution is -2.19. The number of hydrogen-bond donors (Lipinski definition) is 2. The second-order valence-corrected chi connectivity index (χ2v) is 5.66. The van der Waals surface area contributed by atoms with Gasteiger partial charge >= 0.3 is 5.97 Å². The Labute approximate surface area is 139 Å². The van der Waals surface area contributed by atoms with E-state index in [-0.39, 0.29) is 17.1 Å². The molecule has 7 heteroatoms. The number of rotatable bonds is 5. The summed E-state index contributed by atoms with van der Waals surface area (Å²) in [6, 6.07) is 3.61. The van der Waals surface area contributed by atoms with Gasteiger partial charge in [-0.05, 0) is 32.9 Å². The summed E-state index contributed by atoms with van der Waals surface area (Å²) in [7, 11) is 1.79. The van der Waals surface area contributed by atoms with E-state index in [1.54, 1.807) is 18.7 Å². The third-order valence-electron chi connectivity index (χ3n) is 3.98. The molecule has 2 rings (SSSR count). The van der Waals surface area contributed by atoms with Gasteiger partial charge in [0, 0.05) is 24.4 Å². The highest BCUT2D eigenvalue weighted by molar-refractivity contribution is 6.00. The van der Waals surface area contributed by atoms with Crippen molar-refractivity contribution in [2.24, 2.45) is 7.05 Å². The number of phenolic OH excluding ortho intramolecular Hbond substituents is 2.